The van der Waals surface area contributed by atoms with Gasteiger partial charge in [0.25, 0.3) is 0 Å². The molecule has 0 radical (unpaired) electrons. The van der Waals surface area contributed by atoms with Gasteiger partial charge in [-0.1, -0.05) is 29.8 Å². The summed E-state index contributed by atoms with van der Waals surface area (Å²) in [4.78, 5) is 17.8. The Hall–Kier alpha value is -2.07. The Balaban J connectivity index is 1.59. The molecule has 1 aromatic heterocycles. The summed E-state index contributed by atoms with van der Waals surface area (Å²) in [5.41, 5.74) is 5.67. The van der Waals surface area contributed by atoms with Crippen molar-refractivity contribution in [3.05, 3.63) is 47.2 Å². The van der Waals surface area contributed by atoms with Gasteiger partial charge in [0.15, 0.2) is 0 Å². The number of ether oxygens (including phenoxy) is 1. The molecule has 0 aliphatic carbocycles. The lowest BCUT2D eigenvalue weighted by molar-refractivity contribution is -0.146. The van der Waals surface area contributed by atoms with Gasteiger partial charge in [0.05, 0.1) is 12.6 Å². The molecule has 1 N–H and O–H groups in total. The molecule has 4 aliphatic rings. The SMILES string of the molecule is CC=C1CN2C3CC1C(COC(C)=O)C2Cc1c3[nH]c2ccccc12. The van der Waals surface area contributed by atoms with Crippen LogP contribution < -0.4 is 0 Å². The summed E-state index contributed by atoms with van der Waals surface area (Å²) < 4.78 is 5.47. The Labute approximate surface area is 147 Å². The number of allylic oxidation sites excluding steroid dienone is 1. The molecule has 0 amide bonds. The van der Waals surface area contributed by atoms with Crippen molar-refractivity contribution in [2.24, 2.45) is 11.8 Å². The molecule has 1 aromatic carbocycles. The van der Waals surface area contributed by atoms with Crippen LogP contribution in [0.25, 0.3) is 10.9 Å². The number of hydrogen-bond donors (Lipinski definition) is 1. The highest BCUT2D eigenvalue weighted by Crippen LogP contribution is 2.54. The summed E-state index contributed by atoms with van der Waals surface area (Å²) in [7, 11) is 0. The van der Waals surface area contributed by atoms with Crippen LogP contribution in [0.4, 0.5) is 0 Å². The zero-order chi connectivity index (χ0) is 17.1. The lowest BCUT2D eigenvalue weighted by atomic mass is 9.64. The van der Waals surface area contributed by atoms with E-state index in [4.69, 9.17) is 4.74 Å². The number of nitrogens with one attached hydrogen (secondary N) is 1. The Morgan fingerprint density at radius 2 is 2.24 bits per heavy atom. The molecule has 4 bridgehead atoms. The highest BCUT2D eigenvalue weighted by Gasteiger charge is 2.53. The topological polar surface area (TPSA) is 45.3 Å². The average molecular weight is 336 g/mol. The molecule has 3 saturated heterocycles. The second-order valence-corrected chi connectivity index (χ2v) is 7.69. The fourth-order valence-electron chi connectivity index (χ4n) is 5.51. The highest BCUT2D eigenvalue weighted by molar-refractivity contribution is 5.85. The van der Waals surface area contributed by atoms with Gasteiger partial charge in [-0.2, -0.15) is 0 Å². The normalized spacial score (nSPS) is 34.3. The molecule has 5 heterocycles. The maximum Gasteiger partial charge on any atom is 0.302 e. The fraction of sp³-hybridized carbons (Fsp3) is 0.476. The van der Waals surface area contributed by atoms with Crippen LogP contribution in [-0.4, -0.2) is 35.0 Å². The number of benzene rings is 1. The van der Waals surface area contributed by atoms with E-state index < -0.39 is 0 Å². The number of hydrogen-bond acceptors (Lipinski definition) is 3. The van der Waals surface area contributed by atoms with Crippen molar-refractivity contribution in [3.63, 3.8) is 0 Å². The third kappa shape index (κ3) is 2.13. The van der Waals surface area contributed by atoms with E-state index in [0.717, 1.165) is 19.4 Å². The number of nitrogens with zero attached hydrogens (tertiary/aromatic N) is 1. The maximum atomic E-state index is 11.4. The van der Waals surface area contributed by atoms with Crippen molar-refractivity contribution < 1.29 is 9.53 Å². The average Bonchev–Trinajstić information content (AvgIpc) is 2.99. The van der Waals surface area contributed by atoms with Crippen LogP contribution in [0, 0.1) is 11.8 Å². The van der Waals surface area contributed by atoms with Crippen molar-refractivity contribution in [3.8, 4) is 0 Å². The van der Waals surface area contributed by atoms with Crippen molar-refractivity contribution in [2.45, 2.75) is 38.8 Å². The number of fused-ring (bicyclic) bond motifs is 4. The second-order valence-electron chi connectivity index (χ2n) is 7.69. The van der Waals surface area contributed by atoms with E-state index >= 15 is 0 Å². The Kier molecular flexibility index (Phi) is 3.32. The molecule has 5 unspecified atom stereocenters. The molecule has 2 aromatic rings. The summed E-state index contributed by atoms with van der Waals surface area (Å²) in [6.07, 6.45) is 4.45. The van der Waals surface area contributed by atoms with Crippen molar-refractivity contribution >= 4 is 16.9 Å². The first-order chi connectivity index (χ1) is 12.2. The number of H-pyrrole nitrogens is 1. The Bertz CT molecular complexity index is 881. The van der Waals surface area contributed by atoms with Gasteiger partial charge in [0, 0.05) is 42.0 Å². The molecule has 3 fully saturated rings. The summed E-state index contributed by atoms with van der Waals surface area (Å²) in [5, 5.41) is 1.36. The first kappa shape index (κ1) is 15.2. The molecule has 4 heteroatoms. The quantitative estimate of drug-likeness (QED) is 0.673. The molecule has 4 aliphatic heterocycles. The van der Waals surface area contributed by atoms with Gasteiger partial charge < -0.3 is 9.72 Å². The van der Waals surface area contributed by atoms with Gasteiger partial charge >= 0.3 is 5.97 Å². The van der Waals surface area contributed by atoms with E-state index in [0.29, 0.717) is 30.5 Å². The molecule has 25 heavy (non-hydrogen) atoms. The zero-order valence-corrected chi connectivity index (χ0v) is 14.8. The van der Waals surface area contributed by atoms with Gasteiger partial charge in [0.2, 0.25) is 0 Å². The molecular weight excluding hydrogens is 312 g/mol. The molecule has 4 nitrogen and oxygen atoms in total. The highest BCUT2D eigenvalue weighted by atomic mass is 16.5. The Morgan fingerprint density at radius 1 is 1.40 bits per heavy atom. The predicted octanol–water partition coefficient (Wildman–Crippen LogP) is 3.59. The van der Waals surface area contributed by atoms with E-state index in [9.17, 15) is 4.79 Å². The van der Waals surface area contributed by atoms with E-state index in [2.05, 4.69) is 47.1 Å². The minimum atomic E-state index is -0.168. The fourth-order valence-corrected chi connectivity index (χ4v) is 5.51. The predicted molar refractivity (Wildman–Crippen MR) is 97.2 cm³/mol. The minimum absolute atomic E-state index is 0.168. The van der Waals surface area contributed by atoms with E-state index in [1.54, 1.807) is 0 Å². The van der Waals surface area contributed by atoms with Crippen molar-refractivity contribution in [1.82, 2.24) is 9.88 Å². The van der Waals surface area contributed by atoms with Crippen LogP contribution in [0.5, 0.6) is 0 Å². The number of carbonyl (C=O) groups excluding carboxylic acids is 1. The summed E-state index contributed by atoms with van der Waals surface area (Å²) in [6.45, 7) is 5.26. The van der Waals surface area contributed by atoms with Gasteiger partial charge in [0.1, 0.15) is 0 Å². The number of carbonyl (C=O) groups is 1. The van der Waals surface area contributed by atoms with E-state index in [1.807, 2.05) is 0 Å². The molecular formula is C21H24N2O2. The number of aromatic amines is 1. The van der Waals surface area contributed by atoms with Gasteiger partial charge in [-0.3, -0.25) is 9.69 Å². The lowest BCUT2D eigenvalue weighted by Crippen LogP contribution is -2.61. The minimum Gasteiger partial charge on any atom is -0.465 e. The van der Waals surface area contributed by atoms with Crippen LogP contribution in [0.3, 0.4) is 0 Å². The van der Waals surface area contributed by atoms with Gasteiger partial charge in [-0.15, -0.1) is 0 Å². The van der Waals surface area contributed by atoms with E-state index in [1.165, 1.54) is 34.7 Å². The molecule has 0 saturated carbocycles. The van der Waals surface area contributed by atoms with Crippen LogP contribution in [-0.2, 0) is 16.0 Å². The number of rotatable bonds is 2. The molecule has 5 atom stereocenters. The van der Waals surface area contributed by atoms with Crippen LogP contribution in [0.2, 0.25) is 0 Å². The maximum absolute atomic E-state index is 11.4. The molecule has 6 rings (SSSR count). The number of aromatic nitrogens is 1. The van der Waals surface area contributed by atoms with Gasteiger partial charge in [-0.05, 0) is 37.3 Å². The van der Waals surface area contributed by atoms with Crippen LogP contribution in [0.15, 0.2) is 35.9 Å². The smallest absolute Gasteiger partial charge is 0.302 e. The van der Waals surface area contributed by atoms with Crippen molar-refractivity contribution in [1.29, 1.82) is 0 Å². The number of para-hydroxylation sites is 1. The third-order valence-electron chi connectivity index (χ3n) is 6.60. The molecule has 130 valence electrons. The summed E-state index contributed by atoms with van der Waals surface area (Å²) in [5.74, 6) is 0.768. The number of esters is 1. The third-order valence-corrected chi connectivity index (χ3v) is 6.60. The Morgan fingerprint density at radius 3 is 3.04 bits per heavy atom. The zero-order valence-electron chi connectivity index (χ0n) is 14.8. The first-order valence-corrected chi connectivity index (χ1v) is 9.31. The summed E-state index contributed by atoms with van der Waals surface area (Å²) >= 11 is 0. The lowest BCUT2D eigenvalue weighted by Gasteiger charge is -2.58. The first-order valence-electron chi connectivity index (χ1n) is 9.31. The van der Waals surface area contributed by atoms with Crippen LogP contribution >= 0.6 is 0 Å². The standard InChI is InChI=1S/C21H24N2O2/c1-3-13-10-23-19-9-16-14-6-4-5-7-18(14)22-21(16)20(23)8-15(13)17(19)11-25-12(2)24/h3-7,15,17,19-20,22H,8-11H2,1-2H3. The van der Waals surface area contributed by atoms with Crippen LogP contribution in [0.1, 0.15) is 37.6 Å². The monoisotopic (exact) mass is 336 g/mol. The second kappa shape index (κ2) is 5.46. The van der Waals surface area contributed by atoms with Gasteiger partial charge in [-0.25, -0.2) is 0 Å². The summed E-state index contributed by atoms with van der Waals surface area (Å²) in [6, 6.07) is 9.59. The molecule has 0 spiro atoms. The number of piperidine rings is 3. The van der Waals surface area contributed by atoms with Crippen molar-refractivity contribution in [2.75, 3.05) is 13.2 Å². The largest absolute Gasteiger partial charge is 0.465 e. The van der Waals surface area contributed by atoms with E-state index in [-0.39, 0.29) is 5.97 Å².